The minimum atomic E-state index is -0.858. The van der Waals surface area contributed by atoms with E-state index >= 15 is 0 Å². The second kappa shape index (κ2) is 5.79. The minimum Gasteiger partial charge on any atom is -0.481 e. The van der Waals surface area contributed by atoms with Gasteiger partial charge in [-0.1, -0.05) is 18.0 Å². The highest BCUT2D eigenvalue weighted by atomic mass is 35.5. The summed E-state index contributed by atoms with van der Waals surface area (Å²) < 4.78 is 13.0. The van der Waals surface area contributed by atoms with Crippen molar-refractivity contribution in [1.82, 2.24) is 5.32 Å². The van der Waals surface area contributed by atoms with E-state index in [9.17, 15) is 14.0 Å². The highest BCUT2D eigenvalue weighted by molar-refractivity contribution is 6.31. The zero-order valence-corrected chi connectivity index (χ0v) is 11.5. The van der Waals surface area contributed by atoms with Gasteiger partial charge < -0.3 is 10.4 Å². The Labute approximate surface area is 120 Å². The Hall–Kier alpha value is -1.62. The van der Waals surface area contributed by atoms with Crippen LogP contribution in [0.5, 0.6) is 0 Å². The largest absolute Gasteiger partial charge is 0.481 e. The van der Waals surface area contributed by atoms with Crippen LogP contribution in [-0.2, 0) is 4.79 Å². The molecule has 0 radical (unpaired) electrons. The average molecular weight is 300 g/mol. The molecule has 0 bridgehead atoms. The smallest absolute Gasteiger partial charge is 0.303 e. The number of hydrogen-bond donors (Lipinski definition) is 2. The van der Waals surface area contributed by atoms with E-state index in [1.54, 1.807) is 0 Å². The Morgan fingerprint density at radius 3 is 2.60 bits per heavy atom. The van der Waals surface area contributed by atoms with E-state index in [0.29, 0.717) is 6.54 Å². The second-order valence-electron chi connectivity index (χ2n) is 5.24. The van der Waals surface area contributed by atoms with Crippen molar-refractivity contribution in [2.75, 3.05) is 6.54 Å². The highest BCUT2D eigenvalue weighted by Gasteiger charge is 2.39. The molecular formula is C14H15ClFNO3. The number of hydrogen-bond acceptors (Lipinski definition) is 2. The molecule has 2 rings (SSSR count). The predicted molar refractivity (Wildman–Crippen MR) is 72.3 cm³/mol. The van der Waals surface area contributed by atoms with Crippen molar-refractivity contribution < 1.29 is 19.1 Å². The minimum absolute atomic E-state index is 0.0530. The van der Waals surface area contributed by atoms with E-state index < -0.39 is 11.8 Å². The van der Waals surface area contributed by atoms with Crippen LogP contribution in [0.3, 0.4) is 0 Å². The highest BCUT2D eigenvalue weighted by Crippen LogP contribution is 2.43. The molecule has 0 aromatic heterocycles. The van der Waals surface area contributed by atoms with Crippen LogP contribution in [0, 0.1) is 11.2 Å². The van der Waals surface area contributed by atoms with Crippen molar-refractivity contribution in [3.8, 4) is 0 Å². The van der Waals surface area contributed by atoms with Gasteiger partial charge >= 0.3 is 5.97 Å². The molecule has 1 aliphatic rings. The van der Waals surface area contributed by atoms with Crippen LogP contribution >= 0.6 is 11.6 Å². The zero-order chi connectivity index (χ0) is 14.8. The Bertz CT molecular complexity index is 543. The summed E-state index contributed by atoms with van der Waals surface area (Å²) in [5.74, 6) is -1.81. The van der Waals surface area contributed by atoms with Crippen LogP contribution in [0.4, 0.5) is 4.39 Å². The Kier molecular flexibility index (Phi) is 4.28. The number of carboxylic acids is 1. The lowest BCUT2D eigenvalue weighted by Crippen LogP contribution is -2.43. The topological polar surface area (TPSA) is 66.4 Å². The third kappa shape index (κ3) is 3.28. The van der Waals surface area contributed by atoms with E-state index in [0.717, 1.165) is 25.3 Å². The number of carbonyl (C=O) groups is 2. The van der Waals surface area contributed by atoms with Gasteiger partial charge in [-0.15, -0.1) is 0 Å². The molecule has 0 spiro atoms. The maximum Gasteiger partial charge on any atom is 0.303 e. The molecule has 1 aliphatic carbocycles. The fourth-order valence-corrected chi connectivity index (χ4v) is 2.60. The van der Waals surface area contributed by atoms with Crippen LogP contribution in [0.15, 0.2) is 18.2 Å². The van der Waals surface area contributed by atoms with Gasteiger partial charge in [-0.3, -0.25) is 9.59 Å². The van der Waals surface area contributed by atoms with Crippen molar-refractivity contribution >= 4 is 23.5 Å². The van der Waals surface area contributed by atoms with Crippen LogP contribution in [0.2, 0.25) is 5.02 Å². The Morgan fingerprint density at radius 1 is 1.40 bits per heavy atom. The van der Waals surface area contributed by atoms with Crippen LogP contribution < -0.4 is 5.32 Å². The maximum atomic E-state index is 13.0. The maximum absolute atomic E-state index is 13.0. The lowest BCUT2D eigenvalue weighted by atomic mass is 9.66. The summed E-state index contributed by atoms with van der Waals surface area (Å²) in [4.78, 5) is 22.8. The van der Waals surface area contributed by atoms with Crippen LogP contribution in [0.25, 0.3) is 0 Å². The zero-order valence-electron chi connectivity index (χ0n) is 10.8. The molecule has 0 saturated heterocycles. The van der Waals surface area contributed by atoms with E-state index in [4.69, 9.17) is 16.7 Å². The van der Waals surface area contributed by atoms with E-state index in [1.165, 1.54) is 12.1 Å². The number of nitrogens with one attached hydrogen (secondary N) is 1. The molecule has 0 atom stereocenters. The Balaban J connectivity index is 1.97. The number of carbonyl (C=O) groups excluding carboxylic acids is 1. The number of amides is 1. The number of rotatable bonds is 5. The molecule has 6 heteroatoms. The summed E-state index contributed by atoms with van der Waals surface area (Å²) in [5.41, 5.74) is -0.0769. The first kappa shape index (κ1) is 14.8. The fraction of sp³-hybridized carbons (Fsp3) is 0.429. The lowest BCUT2D eigenvalue weighted by molar-refractivity contribution is -0.141. The van der Waals surface area contributed by atoms with Gasteiger partial charge in [0.2, 0.25) is 0 Å². The molecule has 1 amide bonds. The number of benzene rings is 1. The molecule has 1 saturated carbocycles. The van der Waals surface area contributed by atoms with E-state index in [2.05, 4.69) is 5.32 Å². The van der Waals surface area contributed by atoms with Crippen molar-refractivity contribution in [2.45, 2.75) is 25.7 Å². The monoisotopic (exact) mass is 299 g/mol. The van der Waals surface area contributed by atoms with Gasteiger partial charge in [0.1, 0.15) is 5.82 Å². The summed E-state index contributed by atoms with van der Waals surface area (Å²) in [6.45, 7) is 0.313. The number of halogens is 2. The van der Waals surface area contributed by atoms with Gasteiger partial charge in [-0.05, 0) is 36.5 Å². The molecular weight excluding hydrogens is 285 g/mol. The fourth-order valence-electron chi connectivity index (χ4n) is 2.42. The van der Waals surface area contributed by atoms with Crippen molar-refractivity contribution in [3.05, 3.63) is 34.6 Å². The van der Waals surface area contributed by atoms with Crippen LogP contribution in [-0.4, -0.2) is 23.5 Å². The summed E-state index contributed by atoms with van der Waals surface area (Å²) in [5, 5.41) is 11.5. The van der Waals surface area contributed by atoms with Gasteiger partial charge in [-0.2, -0.15) is 0 Å². The normalized spacial score (nSPS) is 16.3. The van der Waals surface area contributed by atoms with Gasteiger partial charge in [0, 0.05) is 12.1 Å². The first-order chi connectivity index (χ1) is 9.42. The van der Waals surface area contributed by atoms with Gasteiger partial charge in [0.15, 0.2) is 0 Å². The summed E-state index contributed by atoms with van der Waals surface area (Å²) >= 11 is 5.62. The summed E-state index contributed by atoms with van der Waals surface area (Å²) in [6.07, 6.45) is 2.62. The molecule has 0 aliphatic heterocycles. The first-order valence-corrected chi connectivity index (χ1v) is 6.75. The average Bonchev–Trinajstić information content (AvgIpc) is 2.35. The predicted octanol–water partition coefficient (Wildman–Crippen LogP) is 2.85. The second-order valence-corrected chi connectivity index (χ2v) is 5.64. The van der Waals surface area contributed by atoms with Crippen LogP contribution in [0.1, 0.15) is 36.0 Å². The molecule has 4 nitrogen and oxygen atoms in total. The molecule has 0 heterocycles. The standard InChI is InChI=1S/C14H15ClFNO3/c15-10-6-9(2-3-11(10)16)13(20)17-8-14(4-1-5-14)7-12(18)19/h2-3,6H,1,4-5,7-8H2,(H,17,20)(H,18,19). The summed E-state index contributed by atoms with van der Waals surface area (Å²) in [6, 6.07) is 3.74. The first-order valence-electron chi connectivity index (χ1n) is 6.37. The van der Waals surface area contributed by atoms with Crippen molar-refractivity contribution in [3.63, 3.8) is 0 Å². The van der Waals surface area contributed by atoms with Crippen molar-refractivity contribution in [1.29, 1.82) is 0 Å². The molecule has 108 valence electrons. The number of carboxylic acid groups (broad SMARTS) is 1. The SMILES string of the molecule is O=C(O)CC1(CNC(=O)c2ccc(F)c(Cl)c2)CCC1. The molecule has 2 N–H and O–H groups in total. The molecule has 0 unspecified atom stereocenters. The summed E-state index contributed by atoms with van der Waals surface area (Å²) in [7, 11) is 0. The molecule has 20 heavy (non-hydrogen) atoms. The third-order valence-corrected chi connectivity index (χ3v) is 4.04. The molecule has 1 aromatic rings. The molecule has 1 aromatic carbocycles. The van der Waals surface area contributed by atoms with Gasteiger partial charge in [0.25, 0.3) is 5.91 Å². The quantitative estimate of drug-likeness (QED) is 0.878. The Morgan fingerprint density at radius 2 is 2.10 bits per heavy atom. The van der Waals surface area contributed by atoms with Crippen molar-refractivity contribution in [2.24, 2.45) is 5.41 Å². The van der Waals surface area contributed by atoms with Gasteiger partial charge in [0.05, 0.1) is 11.4 Å². The molecule has 1 fully saturated rings. The van der Waals surface area contributed by atoms with Gasteiger partial charge in [-0.25, -0.2) is 4.39 Å². The lowest BCUT2D eigenvalue weighted by Gasteiger charge is -2.40. The number of aliphatic carboxylic acids is 1. The van der Waals surface area contributed by atoms with E-state index in [1.807, 2.05) is 0 Å². The third-order valence-electron chi connectivity index (χ3n) is 3.75. The van der Waals surface area contributed by atoms with E-state index in [-0.39, 0.29) is 28.3 Å².